The molecule has 0 N–H and O–H groups in total. The predicted octanol–water partition coefficient (Wildman–Crippen LogP) is 1.51. The lowest BCUT2D eigenvalue weighted by molar-refractivity contribution is 0.458. The van der Waals surface area contributed by atoms with Crippen LogP contribution >= 0.6 is 11.3 Å². The van der Waals surface area contributed by atoms with Gasteiger partial charge in [0.15, 0.2) is 9.84 Å². The fourth-order valence-electron chi connectivity index (χ4n) is 3.20. The third-order valence-electron chi connectivity index (χ3n) is 4.98. The van der Waals surface area contributed by atoms with E-state index < -0.39 is 14.6 Å². The molecule has 0 atom stereocenters. The van der Waals surface area contributed by atoms with E-state index in [1.807, 2.05) is 25.7 Å². The van der Waals surface area contributed by atoms with Gasteiger partial charge in [-0.25, -0.2) is 13.4 Å². The molecule has 0 aromatic carbocycles. The smallest absolute Gasteiger partial charge is 0.275 e. The molecule has 24 heavy (non-hydrogen) atoms. The molecule has 0 spiro atoms. The molecule has 1 aliphatic heterocycles. The van der Waals surface area contributed by atoms with Crippen LogP contribution in [0, 0.1) is 0 Å². The Hall–Kier alpha value is -1.48. The topological polar surface area (TPSA) is 84.6 Å². The first-order chi connectivity index (χ1) is 11.4. The third kappa shape index (κ3) is 2.63. The largest absolute Gasteiger partial charge is 0.344 e. The number of rotatable bonds is 4. The molecular weight excluding hydrogens is 348 g/mol. The summed E-state index contributed by atoms with van der Waals surface area (Å²) in [4.78, 5) is 19.1. The predicted molar refractivity (Wildman–Crippen MR) is 95.8 cm³/mol. The molecule has 0 amide bonds. The lowest BCUT2D eigenvalue weighted by Crippen LogP contribution is -2.55. The van der Waals surface area contributed by atoms with Crippen molar-refractivity contribution < 1.29 is 8.42 Å². The maximum Gasteiger partial charge on any atom is 0.275 e. The van der Waals surface area contributed by atoms with E-state index in [0.717, 1.165) is 5.69 Å². The van der Waals surface area contributed by atoms with Crippen LogP contribution in [0.3, 0.4) is 0 Å². The molecule has 0 radical (unpaired) electrons. The van der Waals surface area contributed by atoms with E-state index in [9.17, 15) is 13.2 Å². The van der Waals surface area contributed by atoms with Crippen LogP contribution in [0.15, 0.2) is 10.9 Å². The second-order valence-corrected chi connectivity index (χ2v) is 9.59. The van der Waals surface area contributed by atoms with Crippen molar-refractivity contribution in [2.75, 3.05) is 23.7 Å². The van der Waals surface area contributed by atoms with Crippen molar-refractivity contribution in [2.45, 2.75) is 44.8 Å². The van der Waals surface area contributed by atoms with E-state index in [2.05, 4.69) is 10.1 Å². The van der Waals surface area contributed by atoms with Crippen LogP contribution in [0.5, 0.6) is 0 Å². The Labute approximate surface area is 145 Å². The first-order valence-corrected chi connectivity index (χ1v) is 10.7. The van der Waals surface area contributed by atoms with E-state index in [0.29, 0.717) is 42.4 Å². The molecule has 1 aliphatic rings. The number of hydrogen-bond donors (Lipinski definition) is 0. The first kappa shape index (κ1) is 17.3. The molecule has 2 aromatic heterocycles. The molecule has 2 aromatic rings. The summed E-state index contributed by atoms with van der Waals surface area (Å²) in [5.74, 6) is 0.118. The van der Waals surface area contributed by atoms with Gasteiger partial charge < -0.3 is 4.90 Å². The van der Waals surface area contributed by atoms with Gasteiger partial charge >= 0.3 is 0 Å². The highest BCUT2D eigenvalue weighted by atomic mass is 32.2. The van der Waals surface area contributed by atoms with Crippen molar-refractivity contribution in [3.8, 4) is 0 Å². The van der Waals surface area contributed by atoms with Gasteiger partial charge in [0.2, 0.25) is 10.1 Å². The molecule has 1 fully saturated rings. The maximum absolute atomic E-state index is 12.5. The lowest BCUT2D eigenvalue weighted by atomic mass is 10.0. The first-order valence-electron chi connectivity index (χ1n) is 8.23. The van der Waals surface area contributed by atoms with Gasteiger partial charge in [0.25, 0.3) is 5.56 Å². The highest BCUT2D eigenvalue weighted by Gasteiger charge is 2.45. The molecule has 132 valence electrons. The summed E-state index contributed by atoms with van der Waals surface area (Å²) in [6, 6.07) is 1.50. The molecule has 7 nitrogen and oxygen atoms in total. The zero-order valence-corrected chi connectivity index (χ0v) is 15.8. The van der Waals surface area contributed by atoms with Crippen LogP contribution in [0.25, 0.3) is 4.96 Å². The van der Waals surface area contributed by atoms with Crippen molar-refractivity contribution >= 4 is 31.3 Å². The van der Waals surface area contributed by atoms with Crippen LogP contribution in [0.1, 0.15) is 39.3 Å². The molecule has 0 unspecified atom stereocenters. The van der Waals surface area contributed by atoms with Crippen LogP contribution < -0.4 is 10.5 Å². The normalized spacial score (nSPS) is 19.7. The highest BCUT2D eigenvalue weighted by Crippen LogP contribution is 2.34. The molecular formula is C15H22N4O3S2. The van der Waals surface area contributed by atoms with Gasteiger partial charge in [-0.2, -0.15) is 4.52 Å². The Morgan fingerprint density at radius 2 is 2.00 bits per heavy atom. The summed E-state index contributed by atoms with van der Waals surface area (Å²) in [7, 11) is -3.12. The Morgan fingerprint density at radius 3 is 2.62 bits per heavy atom. The minimum atomic E-state index is -3.12. The number of sulfone groups is 1. The number of anilines is 1. The molecule has 3 heterocycles. The lowest BCUT2D eigenvalue weighted by Gasteiger charge is -2.41. The summed E-state index contributed by atoms with van der Waals surface area (Å²) in [5.41, 5.74) is 0.550. The Bertz CT molecular complexity index is 912. The van der Waals surface area contributed by atoms with Gasteiger partial charge in [0, 0.05) is 24.8 Å². The molecule has 0 aliphatic carbocycles. The minimum Gasteiger partial charge on any atom is -0.344 e. The summed E-state index contributed by atoms with van der Waals surface area (Å²) < 4.78 is 25.6. The molecule has 3 rings (SSSR count). The number of fused-ring (bicyclic) bond motifs is 1. The monoisotopic (exact) mass is 370 g/mol. The second-order valence-electron chi connectivity index (χ2n) is 6.15. The number of nitrogens with zero attached hydrogens (tertiary/aromatic N) is 4. The van der Waals surface area contributed by atoms with Gasteiger partial charge in [-0.1, -0.05) is 32.1 Å². The average molecular weight is 371 g/mol. The van der Waals surface area contributed by atoms with E-state index in [1.54, 1.807) is 0 Å². The molecule has 0 saturated carbocycles. The van der Waals surface area contributed by atoms with Gasteiger partial charge in [-0.3, -0.25) is 4.79 Å². The Morgan fingerprint density at radius 1 is 1.29 bits per heavy atom. The molecule has 1 saturated heterocycles. The third-order valence-corrected chi connectivity index (χ3v) is 8.69. The van der Waals surface area contributed by atoms with Gasteiger partial charge in [-0.05, 0) is 19.3 Å². The Kier molecular flexibility index (Phi) is 4.41. The van der Waals surface area contributed by atoms with Crippen molar-refractivity contribution in [1.82, 2.24) is 14.6 Å². The van der Waals surface area contributed by atoms with E-state index in [1.165, 1.54) is 21.9 Å². The average Bonchev–Trinajstić information content (AvgIpc) is 2.99. The Balaban J connectivity index is 2.02. The van der Waals surface area contributed by atoms with Gasteiger partial charge in [-0.15, -0.1) is 5.10 Å². The summed E-state index contributed by atoms with van der Waals surface area (Å²) in [6.07, 6.45) is 1.84. The maximum atomic E-state index is 12.5. The van der Waals surface area contributed by atoms with Crippen LogP contribution in [-0.4, -0.2) is 46.6 Å². The SMILES string of the molecule is CCc1cc(=O)n2nc(N3CCS(=O)(=O)C(CC)(CC)C3)sc2n1. The minimum absolute atomic E-state index is 0.118. The van der Waals surface area contributed by atoms with Gasteiger partial charge in [0.1, 0.15) is 0 Å². The van der Waals surface area contributed by atoms with Crippen LogP contribution in [0.2, 0.25) is 0 Å². The van der Waals surface area contributed by atoms with E-state index >= 15 is 0 Å². The van der Waals surface area contributed by atoms with Gasteiger partial charge in [0.05, 0.1) is 10.5 Å². The van der Waals surface area contributed by atoms with Crippen molar-refractivity contribution in [3.63, 3.8) is 0 Å². The number of hydrogen-bond acceptors (Lipinski definition) is 7. The summed E-state index contributed by atoms with van der Waals surface area (Å²) >= 11 is 1.34. The number of aryl methyl sites for hydroxylation is 1. The van der Waals surface area contributed by atoms with Crippen molar-refractivity contribution in [2.24, 2.45) is 0 Å². The molecule has 9 heteroatoms. The van der Waals surface area contributed by atoms with Crippen LogP contribution in [0.4, 0.5) is 5.13 Å². The van der Waals surface area contributed by atoms with E-state index in [-0.39, 0.29) is 11.3 Å². The molecule has 0 bridgehead atoms. The zero-order valence-electron chi connectivity index (χ0n) is 14.2. The second kappa shape index (κ2) is 6.11. The van der Waals surface area contributed by atoms with E-state index in [4.69, 9.17) is 0 Å². The summed E-state index contributed by atoms with van der Waals surface area (Å²) in [6.45, 7) is 6.61. The fourth-order valence-corrected chi connectivity index (χ4v) is 6.28. The number of aromatic nitrogens is 3. The quantitative estimate of drug-likeness (QED) is 0.811. The van der Waals surface area contributed by atoms with Crippen molar-refractivity contribution in [1.29, 1.82) is 0 Å². The standard InChI is InChI=1S/C15H22N4O3S2/c1-4-11-9-12(20)19-13(16-11)23-14(17-19)18-7-8-24(21,22)15(5-2,6-3)10-18/h9H,4-8,10H2,1-3H3. The van der Waals surface area contributed by atoms with Crippen molar-refractivity contribution in [3.05, 3.63) is 22.1 Å². The highest BCUT2D eigenvalue weighted by molar-refractivity contribution is 7.92. The zero-order chi connectivity index (χ0) is 17.5. The van der Waals surface area contributed by atoms with Crippen LogP contribution in [-0.2, 0) is 16.3 Å². The fraction of sp³-hybridized carbons (Fsp3) is 0.667. The summed E-state index contributed by atoms with van der Waals surface area (Å²) in [5, 5.41) is 5.05.